The molecule has 1 N–H and O–H groups in total. The summed E-state index contributed by atoms with van der Waals surface area (Å²) in [5, 5.41) is 6.72. The van der Waals surface area contributed by atoms with Gasteiger partial charge >= 0.3 is 0 Å². The summed E-state index contributed by atoms with van der Waals surface area (Å²) in [7, 11) is 0. The van der Waals surface area contributed by atoms with E-state index >= 15 is 0 Å². The number of rotatable bonds is 5. The molecule has 0 bridgehead atoms. The van der Waals surface area contributed by atoms with Crippen molar-refractivity contribution in [1.29, 1.82) is 0 Å². The van der Waals surface area contributed by atoms with Crippen LogP contribution in [0.2, 0.25) is 0 Å². The molecule has 3 aromatic rings. The van der Waals surface area contributed by atoms with Crippen molar-refractivity contribution in [3.63, 3.8) is 0 Å². The van der Waals surface area contributed by atoms with Crippen LogP contribution in [0.5, 0.6) is 11.5 Å². The van der Waals surface area contributed by atoms with Crippen molar-refractivity contribution in [2.45, 2.75) is 12.8 Å². The lowest BCUT2D eigenvalue weighted by Gasteiger charge is -2.20. The maximum atomic E-state index is 12.2. The Morgan fingerprint density at radius 2 is 2.04 bits per heavy atom. The Kier molecular flexibility index (Phi) is 4.46. The highest BCUT2D eigenvalue weighted by Gasteiger charge is 2.17. The molecule has 4 rings (SSSR count). The lowest BCUT2D eigenvalue weighted by molar-refractivity contribution is -0.116. The van der Waals surface area contributed by atoms with Gasteiger partial charge in [-0.3, -0.25) is 9.78 Å². The number of pyridine rings is 1. The van der Waals surface area contributed by atoms with E-state index in [1.807, 2.05) is 18.2 Å². The average Bonchev–Trinajstić information content (AvgIpc) is 3.17. The number of para-hydroxylation sites is 1. The van der Waals surface area contributed by atoms with Crippen LogP contribution in [0.3, 0.4) is 0 Å². The Balaban J connectivity index is 1.37. The number of carbonyl (C=O) groups excluding carboxylic acids is 1. The highest BCUT2D eigenvalue weighted by molar-refractivity contribution is 5.93. The fourth-order valence-electron chi connectivity index (χ4n) is 2.56. The maximum absolute atomic E-state index is 12.2. The monoisotopic (exact) mass is 352 g/mol. The summed E-state index contributed by atoms with van der Waals surface area (Å²) < 4.78 is 16.3. The number of amides is 1. The van der Waals surface area contributed by atoms with Gasteiger partial charge in [-0.05, 0) is 24.3 Å². The second-order valence-corrected chi connectivity index (χ2v) is 5.60. The summed E-state index contributed by atoms with van der Waals surface area (Å²) in [6.07, 6.45) is 2.19. The van der Waals surface area contributed by atoms with Crippen LogP contribution in [0, 0.1) is 0 Å². The largest absolute Gasteiger partial charge is 0.486 e. The van der Waals surface area contributed by atoms with Crippen molar-refractivity contribution in [2.24, 2.45) is 0 Å². The molecule has 0 spiro atoms. The number of aryl methyl sites for hydroxylation is 1. The second kappa shape index (κ2) is 7.22. The number of hydrogen-bond donors (Lipinski definition) is 1. The minimum atomic E-state index is -0.176. The van der Waals surface area contributed by atoms with Gasteiger partial charge in [0.25, 0.3) is 0 Å². The molecule has 0 radical (unpaired) electrons. The molecular formula is C18H16N4O4. The molecule has 2 aromatic heterocycles. The zero-order valence-corrected chi connectivity index (χ0v) is 13.8. The molecule has 1 amide bonds. The van der Waals surface area contributed by atoms with E-state index in [0.717, 1.165) is 0 Å². The molecule has 0 saturated carbocycles. The van der Waals surface area contributed by atoms with Crippen LogP contribution in [0.25, 0.3) is 11.5 Å². The van der Waals surface area contributed by atoms with E-state index in [4.69, 9.17) is 14.0 Å². The Bertz CT molecular complexity index is 911. The van der Waals surface area contributed by atoms with Gasteiger partial charge in [0, 0.05) is 19.0 Å². The first-order valence-electron chi connectivity index (χ1n) is 8.22. The molecule has 8 nitrogen and oxygen atoms in total. The van der Waals surface area contributed by atoms with E-state index in [-0.39, 0.29) is 12.3 Å². The average molecular weight is 352 g/mol. The first-order chi connectivity index (χ1) is 12.8. The number of ether oxygens (including phenoxy) is 2. The van der Waals surface area contributed by atoms with Gasteiger partial charge in [-0.15, -0.1) is 0 Å². The van der Waals surface area contributed by atoms with Gasteiger partial charge < -0.3 is 19.3 Å². The van der Waals surface area contributed by atoms with Crippen LogP contribution in [-0.4, -0.2) is 34.2 Å². The normalized spacial score (nSPS) is 12.6. The van der Waals surface area contributed by atoms with Crippen molar-refractivity contribution >= 4 is 11.6 Å². The third-order valence-electron chi connectivity index (χ3n) is 3.77. The SMILES string of the molecule is O=C(CCc1nc(-c2ccccn2)no1)Nc1cccc2c1OCCO2. The summed E-state index contributed by atoms with van der Waals surface area (Å²) in [4.78, 5) is 20.7. The lowest BCUT2D eigenvalue weighted by Crippen LogP contribution is -2.18. The van der Waals surface area contributed by atoms with Crippen LogP contribution in [-0.2, 0) is 11.2 Å². The van der Waals surface area contributed by atoms with Gasteiger partial charge in [-0.25, -0.2) is 0 Å². The second-order valence-electron chi connectivity index (χ2n) is 5.60. The third kappa shape index (κ3) is 3.49. The standard InChI is InChI=1S/C18H16N4O4/c23-15(20-12-5-3-6-14-17(12)25-11-10-24-14)7-8-16-21-18(22-26-16)13-4-1-2-9-19-13/h1-6,9H,7-8,10-11H2,(H,20,23). The van der Waals surface area contributed by atoms with Crippen molar-refractivity contribution in [3.05, 3.63) is 48.5 Å². The van der Waals surface area contributed by atoms with Crippen molar-refractivity contribution in [3.8, 4) is 23.0 Å². The van der Waals surface area contributed by atoms with Gasteiger partial charge in [-0.1, -0.05) is 17.3 Å². The first kappa shape index (κ1) is 16.1. The minimum Gasteiger partial charge on any atom is -0.486 e. The van der Waals surface area contributed by atoms with E-state index in [1.165, 1.54) is 0 Å². The predicted octanol–water partition coefficient (Wildman–Crippen LogP) is 2.47. The Labute approximate surface area is 149 Å². The molecule has 3 heterocycles. The van der Waals surface area contributed by atoms with Crippen molar-refractivity contribution in [1.82, 2.24) is 15.1 Å². The van der Waals surface area contributed by atoms with Gasteiger partial charge in [-0.2, -0.15) is 4.98 Å². The van der Waals surface area contributed by atoms with Crippen molar-refractivity contribution < 1.29 is 18.8 Å². The quantitative estimate of drug-likeness (QED) is 0.753. The number of nitrogens with one attached hydrogen (secondary N) is 1. The molecule has 26 heavy (non-hydrogen) atoms. The number of aromatic nitrogens is 3. The molecular weight excluding hydrogens is 336 g/mol. The molecule has 1 aromatic carbocycles. The molecule has 8 heteroatoms. The first-order valence-corrected chi connectivity index (χ1v) is 8.22. The maximum Gasteiger partial charge on any atom is 0.227 e. The molecule has 132 valence electrons. The summed E-state index contributed by atoms with van der Waals surface area (Å²) in [5.41, 5.74) is 1.21. The number of carbonyl (C=O) groups is 1. The van der Waals surface area contributed by atoms with E-state index < -0.39 is 0 Å². The summed E-state index contributed by atoms with van der Waals surface area (Å²) in [6.45, 7) is 0.957. The molecule has 0 atom stereocenters. The highest BCUT2D eigenvalue weighted by atomic mass is 16.6. The molecule has 0 unspecified atom stereocenters. The highest BCUT2D eigenvalue weighted by Crippen LogP contribution is 2.37. The van der Waals surface area contributed by atoms with Crippen LogP contribution >= 0.6 is 0 Å². The number of hydrogen-bond acceptors (Lipinski definition) is 7. The molecule has 1 aliphatic heterocycles. The molecule has 0 fully saturated rings. The molecule has 0 saturated heterocycles. The Morgan fingerprint density at radius 1 is 1.12 bits per heavy atom. The number of fused-ring (bicyclic) bond motifs is 1. The minimum absolute atomic E-state index is 0.176. The Morgan fingerprint density at radius 3 is 2.92 bits per heavy atom. The zero-order valence-electron chi connectivity index (χ0n) is 13.8. The third-order valence-corrected chi connectivity index (χ3v) is 3.77. The lowest BCUT2D eigenvalue weighted by atomic mass is 10.2. The zero-order chi connectivity index (χ0) is 17.8. The van der Waals surface area contributed by atoms with E-state index in [2.05, 4.69) is 20.4 Å². The number of anilines is 1. The van der Waals surface area contributed by atoms with Crippen LogP contribution in [0.15, 0.2) is 47.1 Å². The number of nitrogens with zero attached hydrogens (tertiary/aromatic N) is 3. The van der Waals surface area contributed by atoms with Gasteiger partial charge in [0.2, 0.25) is 17.6 Å². The topological polar surface area (TPSA) is 99.4 Å². The summed E-state index contributed by atoms with van der Waals surface area (Å²) >= 11 is 0. The summed E-state index contributed by atoms with van der Waals surface area (Å²) in [6, 6.07) is 10.8. The fourth-order valence-corrected chi connectivity index (χ4v) is 2.56. The Hall–Kier alpha value is -3.42. The van der Waals surface area contributed by atoms with Crippen LogP contribution in [0.4, 0.5) is 5.69 Å². The summed E-state index contributed by atoms with van der Waals surface area (Å²) in [5.74, 6) is 1.80. The van der Waals surface area contributed by atoms with Gasteiger partial charge in [0.15, 0.2) is 11.5 Å². The van der Waals surface area contributed by atoms with Gasteiger partial charge in [0.1, 0.15) is 18.9 Å². The predicted molar refractivity (Wildman–Crippen MR) is 91.9 cm³/mol. The van der Waals surface area contributed by atoms with Crippen LogP contribution in [0.1, 0.15) is 12.3 Å². The van der Waals surface area contributed by atoms with Crippen LogP contribution < -0.4 is 14.8 Å². The van der Waals surface area contributed by atoms with Gasteiger partial charge in [0.05, 0.1) is 5.69 Å². The molecule has 0 aliphatic carbocycles. The number of benzene rings is 1. The van der Waals surface area contributed by atoms with E-state index in [9.17, 15) is 4.79 Å². The molecule has 1 aliphatic rings. The fraction of sp³-hybridized carbons (Fsp3) is 0.222. The van der Waals surface area contributed by atoms with E-state index in [1.54, 1.807) is 24.4 Å². The smallest absolute Gasteiger partial charge is 0.227 e. The van der Waals surface area contributed by atoms with E-state index in [0.29, 0.717) is 54.2 Å². The van der Waals surface area contributed by atoms with Crippen molar-refractivity contribution in [2.75, 3.05) is 18.5 Å².